The van der Waals surface area contributed by atoms with Crippen molar-refractivity contribution in [2.24, 2.45) is 17.3 Å². The molecule has 1 fully saturated rings. The molecule has 0 spiro atoms. The first-order valence-electron chi connectivity index (χ1n) is 9.53. The number of benzene rings is 1. The van der Waals surface area contributed by atoms with Crippen LogP contribution in [0.15, 0.2) is 59.2 Å². The number of hydrogen-bond donors (Lipinski definition) is 0. The van der Waals surface area contributed by atoms with Crippen LogP contribution in [-0.2, 0) is 32.1 Å². The number of ether oxygens (including phenoxy) is 2. The monoisotopic (exact) mass is 382 g/mol. The molecule has 5 nitrogen and oxygen atoms in total. The van der Waals surface area contributed by atoms with Gasteiger partial charge >= 0.3 is 11.9 Å². The lowest BCUT2D eigenvalue weighted by atomic mass is 10.1. The molecular formula is C23H26O5. The lowest BCUT2D eigenvalue weighted by Gasteiger charge is -2.03. The molecule has 0 saturated heterocycles. The fourth-order valence-corrected chi connectivity index (χ4v) is 3.50. The second-order valence-corrected chi connectivity index (χ2v) is 7.63. The second-order valence-electron chi connectivity index (χ2n) is 7.63. The highest BCUT2D eigenvalue weighted by atomic mass is 16.5. The van der Waals surface area contributed by atoms with Crippen LogP contribution in [-0.4, -0.2) is 18.5 Å². The van der Waals surface area contributed by atoms with Crippen LogP contribution in [0.5, 0.6) is 0 Å². The Morgan fingerprint density at radius 1 is 1.14 bits per heavy atom. The van der Waals surface area contributed by atoms with Crippen molar-refractivity contribution >= 4 is 11.9 Å². The summed E-state index contributed by atoms with van der Waals surface area (Å²) in [4.78, 5) is 23.9. The van der Waals surface area contributed by atoms with E-state index in [0.717, 1.165) is 16.9 Å². The standard InChI is InChI=1S/C23H26O5/c1-4-26-20(24)11-10-19-21(23(19,2)3)22(25)28-15-17-13-18(27-14-17)12-16-8-6-5-7-9-16/h5-11,13-14,19,21H,4,12,15H2,1-3H3/t19-,21-/m0/s1. The van der Waals surface area contributed by atoms with Crippen LogP contribution in [0.1, 0.15) is 37.7 Å². The minimum atomic E-state index is -0.387. The molecule has 1 heterocycles. The third kappa shape index (κ3) is 4.71. The van der Waals surface area contributed by atoms with E-state index in [9.17, 15) is 9.59 Å². The molecule has 148 valence electrons. The van der Waals surface area contributed by atoms with Gasteiger partial charge in [-0.25, -0.2) is 4.79 Å². The third-order valence-corrected chi connectivity index (χ3v) is 5.20. The lowest BCUT2D eigenvalue weighted by molar-refractivity contribution is -0.147. The zero-order chi connectivity index (χ0) is 20.1. The first-order valence-corrected chi connectivity index (χ1v) is 9.53. The van der Waals surface area contributed by atoms with Crippen molar-refractivity contribution in [2.75, 3.05) is 6.61 Å². The molecule has 0 N–H and O–H groups in total. The number of allylic oxidation sites excluding steroid dienone is 1. The van der Waals surface area contributed by atoms with E-state index in [-0.39, 0.29) is 35.8 Å². The molecule has 1 aromatic carbocycles. The SMILES string of the molecule is CCOC(=O)C=C[C@H]1[C@@H](C(=O)OCc2coc(Cc3ccccc3)c2)C1(C)C. The highest BCUT2D eigenvalue weighted by molar-refractivity contribution is 5.83. The molecule has 0 amide bonds. The number of esters is 2. The summed E-state index contributed by atoms with van der Waals surface area (Å²) in [6.07, 6.45) is 5.47. The quantitative estimate of drug-likeness (QED) is 0.503. The van der Waals surface area contributed by atoms with Gasteiger partial charge in [0, 0.05) is 18.1 Å². The molecule has 1 saturated carbocycles. The molecule has 1 aliphatic carbocycles. The number of carbonyl (C=O) groups excluding carboxylic acids is 2. The predicted molar refractivity (Wildman–Crippen MR) is 104 cm³/mol. The molecule has 5 heteroatoms. The van der Waals surface area contributed by atoms with Gasteiger partial charge < -0.3 is 13.9 Å². The lowest BCUT2D eigenvalue weighted by Crippen LogP contribution is -2.10. The van der Waals surface area contributed by atoms with Crippen LogP contribution in [0.2, 0.25) is 0 Å². The summed E-state index contributed by atoms with van der Waals surface area (Å²) in [6.45, 7) is 6.26. The van der Waals surface area contributed by atoms with Crippen molar-refractivity contribution in [3.8, 4) is 0 Å². The van der Waals surface area contributed by atoms with Gasteiger partial charge in [-0.3, -0.25) is 4.79 Å². The molecule has 1 aliphatic rings. The van der Waals surface area contributed by atoms with Crippen LogP contribution in [0, 0.1) is 17.3 Å². The Morgan fingerprint density at radius 2 is 1.89 bits per heavy atom. The van der Waals surface area contributed by atoms with Gasteiger partial charge in [0.05, 0.1) is 18.8 Å². The topological polar surface area (TPSA) is 65.7 Å². The van der Waals surface area contributed by atoms with Crippen LogP contribution >= 0.6 is 0 Å². The second kappa shape index (κ2) is 8.46. The summed E-state index contributed by atoms with van der Waals surface area (Å²) >= 11 is 0. The summed E-state index contributed by atoms with van der Waals surface area (Å²) in [5.74, 6) is -0.0912. The van der Waals surface area contributed by atoms with Gasteiger partial charge in [0.2, 0.25) is 0 Å². The zero-order valence-corrected chi connectivity index (χ0v) is 16.5. The summed E-state index contributed by atoms with van der Waals surface area (Å²) in [5, 5.41) is 0. The highest BCUT2D eigenvalue weighted by Gasteiger charge is 2.61. The number of carbonyl (C=O) groups is 2. The van der Waals surface area contributed by atoms with Crippen molar-refractivity contribution in [3.63, 3.8) is 0 Å². The van der Waals surface area contributed by atoms with E-state index in [1.165, 1.54) is 6.08 Å². The average molecular weight is 382 g/mol. The summed E-state index contributed by atoms with van der Waals surface area (Å²) in [5.41, 5.74) is 1.77. The van der Waals surface area contributed by atoms with Crippen molar-refractivity contribution in [1.82, 2.24) is 0 Å². The van der Waals surface area contributed by atoms with Crippen LogP contribution in [0.4, 0.5) is 0 Å². The number of hydrogen-bond acceptors (Lipinski definition) is 5. The van der Waals surface area contributed by atoms with E-state index in [4.69, 9.17) is 13.9 Å². The minimum Gasteiger partial charge on any atom is -0.469 e. The van der Waals surface area contributed by atoms with Gasteiger partial charge in [-0.15, -0.1) is 0 Å². The van der Waals surface area contributed by atoms with Gasteiger partial charge in [0.25, 0.3) is 0 Å². The maximum absolute atomic E-state index is 12.5. The van der Waals surface area contributed by atoms with Crippen molar-refractivity contribution < 1.29 is 23.5 Å². The van der Waals surface area contributed by atoms with E-state index in [1.54, 1.807) is 19.3 Å². The molecule has 0 unspecified atom stereocenters. The predicted octanol–water partition coefficient (Wildman–Crippen LogP) is 4.31. The average Bonchev–Trinajstić information content (AvgIpc) is 2.98. The smallest absolute Gasteiger partial charge is 0.330 e. The van der Waals surface area contributed by atoms with Crippen molar-refractivity contribution in [1.29, 1.82) is 0 Å². The Labute approximate surface area is 165 Å². The third-order valence-electron chi connectivity index (χ3n) is 5.20. The van der Waals surface area contributed by atoms with Gasteiger partial charge in [-0.2, -0.15) is 0 Å². The molecule has 2 aromatic rings. The summed E-state index contributed by atoms with van der Waals surface area (Å²) in [6, 6.07) is 12.0. The van der Waals surface area contributed by atoms with Gasteiger partial charge in [-0.05, 0) is 29.9 Å². The fourth-order valence-electron chi connectivity index (χ4n) is 3.50. The molecule has 0 radical (unpaired) electrons. The number of furan rings is 1. The molecule has 3 rings (SSSR count). The van der Waals surface area contributed by atoms with E-state index in [1.807, 2.05) is 50.2 Å². The van der Waals surface area contributed by atoms with E-state index in [2.05, 4.69) is 0 Å². The van der Waals surface area contributed by atoms with Gasteiger partial charge in [0.15, 0.2) is 0 Å². The normalized spacial score (nSPS) is 20.1. The Hall–Kier alpha value is -2.82. The number of rotatable bonds is 8. The Bertz CT molecular complexity index is 847. The molecule has 0 aliphatic heterocycles. The van der Waals surface area contributed by atoms with Gasteiger partial charge in [-0.1, -0.05) is 50.3 Å². The van der Waals surface area contributed by atoms with Crippen LogP contribution in [0.25, 0.3) is 0 Å². The molecule has 28 heavy (non-hydrogen) atoms. The van der Waals surface area contributed by atoms with Crippen molar-refractivity contribution in [2.45, 2.75) is 33.8 Å². The van der Waals surface area contributed by atoms with E-state index >= 15 is 0 Å². The first kappa shape index (κ1) is 19.9. The summed E-state index contributed by atoms with van der Waals surface area (Å²) in [7, 11) is 0. The Balaban J connectivity index is 1.51. The maximum atomic E-state index is 12.5. The zero-order valence-electron chi connectivity index (χ0n) is 16.5. The molecule has 0 bridgehead atoms. The molecule has 2 atom stereocenters. The first-order chi connectivity index (χ1) is 13.4. The molecular weight excluding hydrogens is 356 g/mol. The largest absolute Gasteiger partial charge is 0.469 e. The van der Waals surface area contributed by atoms with Crippen molar-refractivity contribution in [3.05, 3.63) is 71.7 Å². The van der Waals surface area contributed by atoms with Crippen LogP contribution in [0.3, 0.4) is 0 Å². The Kier molecular flexibility index (Phi) is 6.02. The molecule has 1 aromatic heterocycles. The highest BCUT2D eigenvalue weighted by Crippen LogP contribution is 2.59. The Morgan fingerprint density at radius 3 is 2.61 bits per heavy atom. The van der Waals surface area contributed by atoms with Gasteiger partial charge in [0.1, 0.15) is 12.4 Å². The fraction of sp³-hybridized carbons (Fsp3) is 0.391. The van der Waals surface area contributed by atoms with E-state index in [0.29, 0.717) is 13.0 Å². The van der Waals surface area contributed by atoms with E-state index < -0.39 is 0 Å². The summed E-state index contributed by atoms with van der Waals surface area (Å²) < 4.78 is 15.9. The maximum Gasteiger partial charge on any atom is 0.330 e. The minimum absolute atomic E-state index is 0.0256. The van der Waals surface area contributed by atoms with Crippen LogP contribution < -0.4 is 0 Å².